The molecular weight excluding hydrogens is 474 g/mol. The minimum absolute atomic E-state index is 0.00551. The van der Waals surface area contributed by atoms with E-state index < -0.39 is 5.67 Å². The summed E-state index contributed by atoms with van der Waals surface area (Å²) in [6, 6.07) is 7.57. The van der Waals surface area contributed by atoms with Gasteiger partial charge in [0.1, 0.15) is 17.3 Å². The summed E-state index contributed by atoms with van der Waals surface area (Å²) in [5, 5.41) is 7.58. The molecule has 1 aromatic carbocycles. The highest BCUT2D eigenvalue weighted by Crippen LogP contribution is 2.34. The van der Waals surface area contributed by atoms with E-state index in [9.17, 15) is 4.39 Å². The zero-order chi connectivity index (χ0) is 26.2. The lowest BCUT2D eigenvalue weighted by atomic mass is 9.92. The third-order valence-electron chi connectivity index (χ3n) is 7.51. The summed E-state index contributed by atoms with van der Waals surface area (Å²) >= 11 is 0. The fourth-order valence-corrected chi connectivity index (χ4v) is 5.18. The average molecular weight is 511 g/mol. The second kappa shape index (κ2) is 10.4. The molecule has 2 aliphatic heterocycles. The number of hydrogen-bond donors (Lipinski definition) is 1. The number of aromatic nitrogens is 3. The molecule has 1 atom stereocenters. The average Bonchev–Trinajstić information content (AvgIpc) is 3.53. The van der Waals surface area contributed by atoms with Gasteiger partial charge < -0.3 is 15.0 Å². The number of aryl methyl sites for hydroxylation is 2. The van der Waals surface area contributed by atoms with Crippen LogP contribution in [0.2, 0.25) is 0 Å². The van der Waals surface area contributed by atoms with E-state index in [1.165, 1.54) is 0 Å². The molecule has 1 N–H and O–H groups in total. The number of hydrogen-bond acceptors (Lipinski definition) is 6. The standard InChI is InChI=1S/C28H36F2N6O/c1-19-11-24(29)26(31-18-35-6-5-22(17-35)28(2,3)30)14-23(19)20-12-25(21-15-32-34(4)16-21)33-27(13-20)36-7-9-37-10-8-36/h11-16,22,31H,5-10,17-18H2,1-4H3. The van der Waals surface area contributed by atoms with Crippen molar-refractivity contribution in [3.05, 3.63) is 48.0 Å². The van der Waals surface area contributed by atoms with E-state index in [4.69, 9.17) is 9.72 Å². The van der Waals surface area contributed by atoms with Crippen LogP contribution in [-0.4, -0.2) is 71.4 Å². The lowest BCUT2D eigenvalue weighted by Crippen LogP contribution is -2.36. The Morgan fingerprint density at radius 1 is 1.11 bits per heavy atom. The Hall–Kier alpha value is -3.04. The van der Waals surface area contributed by atoms with Gasteiger partial charge in [0.15, 0.2) is 0 Å². The molecule has 0 saturated carbocycles. The quantitative estimate of drug-likeness (QED) is 0.489. The van der Waals surface area contributed by atoms with Crippen molar-refractivity contribution in [1.29, 1.82) is 0 Å². The Labute approximate surface area is 217 Å². The molecule has 3 aromatic rings. The minimum atomic E-state index is -1.21. The van der Waals surface area contributed by atoms with Crippen molar-refractivity contribution in [1.82, 2.24) is 19.7 Å². The van der Waals surface area contributed by atoms with E-state index in [0.29, 0.717) is 32.1 Å². The molecule has 2 fully saturated rings. The number of alkyl halides is 1. The maximum atomic E-state index is 15.0. The van der Waals surface area contributed by atoms with Gasteiger partial charge in [-0.1, -0.05) is 0 Å². The van der Waals surface area contributed by atoms with Gasteiger partial charge in [-0.05, 0) is 68.1 Å². The van der Waals surface area contributed by atoms with Crippen molar-refractivity contribution in [3.63, 3.8) is 0 Å². The summed E-state index contributed by atoms with van der Waals surface area (Å²) < 4.78 is 36.7. The Bertz CT molecular complexity index is 1250. The van der Waals surface area contributed by atoms with Gasteiger partial charge >= 0.3 is 0 Å². The highest BCUT2D eigenvalue weighted by molar-refractivity contribution is 5.78. The number of anilines is 2. The Balaban J connectivity index is 1.45. The van der Waals surface area contributed by atoms with Crippen molar-refractivity contribution in [2.45, 2.75) is 32.9 Å². The van der Waals surface area contributed by atoms with Crippen LogP contribution in [0.25, 0.3) is 22.4 Å². The molecule has 198 valence electrons. The fraction of sp³-hybridized carbons (Fsp3) is 0.500. The number of halogens is 2. The van der Waals surface area contributed by atoms with Crippen LogP contribution in [0, 0.1) is 18.7 Å². The summed E-state index contributed by atoms with van der Waals surface area (Å²) in [5.41, 5.74) is 3.74. The molecule has 0 amide bonds. The van der Waals surface area contributed by atoms with E-state index >= 15 is 4.39 Å². The van der Waals surface area contributed by atoms with Crippen LogP contribution in [0.5, 0.6) is 0 Å². The summed E-state index contributed by atoms with van der Waals surface area (Å²) in [6.07, 6.45) is 4.56. The lowest BCUT2D eigenvalue weighted by molar-refractivity contribution is 0.122. The molecule has 0 radical (unpaired) electrons. The molecule has 7 nitrogen and oxygen atoms in total. The number of likely N-dealkylation sites (tertiary alicyclic amines) is 1. The van der Waals surface area contributed by atoms with E-state index in [1.807, 2.05) is 38.5 Å². The molecule has 37 heavy (non-hydrogen) atoms. The minimum Gasteiger partial charge on any atom is -0.378 e. The van der Waals surface area contributed by atoms with Crippen molar-refractivity contribution in [2.24, 2.45) is 13.0 Å². The first-order chi connectivity index (χ1) is 17.7. The predicted octanol–water partition coefficient (Wildman–Crippen LogP) is 4.87. The zero-order valence-electron chi connectivity index (χ0n) is 22.1. The SMILES string of the molecule is Cc1cc(F)c(NCN2CCC(C(C)(C)F)C2)cc1-c1cc(-c2cnn(C)c2)nc(N2CCOCC2)c1. The van der Waals surface area contributed by atoms with Gasteiger partial charge in [-0.15, -0.1) is 0 Å². The van der Waals surface area contributed by atoms with Crippen molar-refractivity contribution >= 4 is 11.5 Å². The van der Waals surface area contributed by atoms with E-state index in [2.05, 4.69) is 26.3 Å². The first kappa shape index (κ1) is 25.6. The maximum Gasteiger partial charge on any atom is 0.146 e. The molecular formula is C28H36F2N6O. The maximum absolute atomic E-state index is 15.0. The zero-order valence-corrected chi connectivity index (χ0v) is 22.1. The molecule has 0 spiro atoms. The van der Waals surface area contributed by atoms with Gasteiger partial charge in [0.25, 0.3) is 0 Å². The first-order valence-electron chi connectivity index (χ1n) is 13.0. The number of nitrogens with one attached hydrogen (secondary N) is 1. The molecule has 5 rings (SSSR count). The largest absolute Gasteiger partial charge is 0.378 e. The van der Waals surface area contributed by atoms with Crippen LogP contribution in [0.15, 0.2) is 36.7 Å². The number of benzene rings is 1. The molecule has 9 heteroatoms. The normalized spacial score (nSPS) is 19.0. The van der Waals surface area contributed by atoms with E-state index in [1.54, 1.807) is 24.6 Å². The van der Waals surface area contributed by atoms with Crippen LogP contribution < -0.4 is 10.2 Å². The second-order valence-corrected chi connectivity index (χ2v) is 10.7. The van der Waals surface area contributed by atoms with Gasteiger partial charge in [-0.25, -0.2) is 13.8 Å². The molecule has 2 aliphatic rings. The number of pyridine rings is 1. The number of rotatable bonds is 7. The van der Waals surface area contributed by atoms with Crippen molar-refractivity contribution < 1.29 is 13.5 Å². The van der Waals surface area contributed by atoms with Gasteiger partial charge in [0, 0.05) is 50.9 Å². The topological polar surface area (TPSA) is 58.5 Å². The summed E-state index contributed by atoms with van der Waals surface area (Å²) in [4.78, 5) is 9.31. The van der Waals surface area contributed by atoms with Crippen LogP contribution in [0.3, 0.4) is 0 Å². The first-order valence-corrected chi connectivity index (χ1v) is 13.0. The summed E-state index contributed by atoms with van der Waals surface area (Å²) in [7, 11) is 1.88. The van der Waals surface area contributed by atoms with Crippen LogP contribution in [0.4, 0.5) is 20.3 Å². The molecule has 4 heterocycles. The Morgan fingerprint density at radius 2 is 1.89 bits per heavy atom. The number of ether oxygens (including phenoxy) is 1. The highest BCUT2D eigenvalue weighted by Gasteiger charge is 2.35. The monoisotopic (exact) mass is 510 g/mol. The number of morpholine rings is 1. The van der Waals surface area contributed by atoms with Gasteiger partial charge in [-0.2, -0.15) is 5.10 Å². The Morgan fingerprint density at radius 3 is 2.57 bits per heavy atom. The Kier molecular flexibility index (Phi) is 7.18. The predicted molar refractivity (Wildman–Crippen MR) is 143 cm³/mol. The third-order valence-corrected chi connectivity index (χ3v) is 7.51. The molecule has 1 unspecified atom stereocenters. The lowest BCUT2D eigenvalue weighted by Gasteiger charge is -2.28. The van der Waals surface area contributed by atoms with Crippen molar-refractivity contribution in [3.8, 4) is 22.4 Å². The van der Waals surface area contributed by atoms with Gasteiger partial charge in [-0.3, -0.25) is 9.58 Å². The van der Waals surface area contributed by atoms with Gasteiger partial charge in [0.05, 0.1) is 37.5 Å². The molecule has 0 aliphatic carbocycles. The van der Waals surface area contributed by atoms with Crippen LogP contribution in [0.1, 0.15) is 25.8 Å². The van der Waals surface area contributed by atoms with Crippen molar-refractivity contribution in [2.75, 3.05) is 56.3 Å². The third kappa shape index (κ3) is 5.78. The van der Waals surface area contributed by atoms with Crippen LogP contribution in [-0.2, 0) is 11.8 Å². The van der Waals surface area contributed by atoms with Crippen LogP contribution >= 0.6 is 0 Å². The second-order valence-electron chi connectivity index (χ2n) is 10.7. The smallest absolute Gasteiger partial charge is 0.146 e. The molecule has 0 bridgehead atoms. The molecule has 2 aromatic heterocycles. The van der Waals surface area contributed by atoms with E-state index in [-0.39, 0.29) is 11.7 Å². The summed E-state index contributed by atoms with van der Waals surface area (Å²) in [5.74, 6) is 0.571. The summed E-state index contributed by atoms with van der Waals surface area (Å²) in [6.45, 7) is 10.0. The fourth-order valence-electron chi connectivity index (χ4n) is 5.18. The number of nitrogens with zero attached hydrogens (tertiary/aromatic N) is 5. The van der Waals surface area contributed by atoms with E-state index in [0.717, 1.165) is 59.8 Å². The molecule has 2 saturated heterocycles. The van der Waals surface area contributed by atoms with Gasteiger partial charge in [0.2, 0.25) is 0 Å². The highest BCUT2D eigenvalue weighted by atomic mass is 19.1.